The van der Waals surface area contributed by atoms with Crippen LogP contribution in [0.4, 0.5) is 0 Å². The molecule has 0 aromatic carbocycles. The van der Waals surface area contributed by atoms with Crippen LogP contribution in [0.3, 0.4) is 0 Å². The van der Waals surface area contributed by atoms with Crippen molar-refractivity contribution in [1.29, 1.82) is 0 Å². The summed E-state index contributed by atoms with van der Waals surface area (Å²) in [5.41, 5.74) is -1.54. The van der Waals surface area contributed by atoms with Crippen molar-refractivity contribution >= 4 is 17.6 Å². The van der Waals surface area contributed by atoms with Gasteiger partial charge in [0.25, 0.3) is 0 Å². The lowest BCUT2D eigenvalue weighted by Crippen LogP contribution is -2.63. The number of ether oxygens (including phenoxy) is 1. The summed E-state index contributed by atoms with van der Waals surface area (Å²) in [5, 5.41) is 0. The highest BCUT2D eigenvalue weighted by Gasteiger charge is 2.58. The lowest BCUT2D eigenvalue weighted by Gasteiger charge is -2.45. The zero-order chi connectivity index (χ0) is 13.1. The summed E-state index contributed by atoms with van der Waals surface area (Å²) in [6.45, 7) is 7.51. The van der Waals surface area contributed by atoms with Crippen molar-refractivity contribution in [1.82, 2.24) is 0 Å². The third-order valence-corrected chi connectivity index (χ3v) is 2.78. The molecule has 1 aliphatic rings. The molecule has 0 aromatic heterocycles. The Balaban J connectivity index is 2.74. The molecule has 100 valence electrons. The number of hydrogen-bond acceptors (Lipinski definition) is 4. The molecule has 1 rings (SSSR count). The van der Waals surface area contributed by atoms with Crippen LogP contribution in [0.15, 0.2) is 0 Å². The average Bonchev–Trinajstić information content (AvgIpc) is 2.18. The van der Waals surface area contributed by atoms with Gasteiger partial charge in [0.15, 0.2) is 0 Å². The zero-order valence-corrected chi connectivity index (χ0v) is 11.7. The summed E-state index contributed by atoms with van der Waals surface area (Å²) in [6.07, 6.45) is 1.84. The molecule has 0 amide bonds. The Hall–Kier alpha value is -0.320. The number of esters is 1. The van der Waals surface area contributed by atoms with E-state index in [1.165, 1.54) is 0 Å². The number of rotatable bonds is 5. The van der Waals surface area contributed by atoms with Gasteiger partial charge in [0.2, 0.25) is 5.60 Å². The van der Waals surface area contributed by atoms with Gasteiger partial charge in [0, 0.05) is 12.3 Å². The van der Waals surface area contributed by atoms with Crippen molar-refractivity contribution in [3.8, 4) is 0 Å². The summed E-state index contributed by atoms with van der Waals surface area (Å²) in [5.74, 6) is -0.0432. The Morgan fingerprint density at radius 1 is 1.47 bits per heavy atom. The highest BCUT2D eigenvalue weighted by atomic mass is 35.5. The molecule has 4 nitrogen and oxygen atoms in total. The first-order valence-electron chi connectivity index (χ1n) is 5.99. The van der Waals surface area contributed by atoms with Gasteiger partial charge < -0.3 is 4.74 Å². The van der Waals surface area contributed by atoms with Gasteiger partial charge in [0.05, 0.1) is 0 Å². The van der Waals surface area contributed by atoms with Gasteiger partial charge in [-0.15, -0.1) is 11.6 Å². The third-order valence-electron chi connectivity index (χ3n) is 2.59. The summed E-state index contributed by atoms with van der Waals surface area (Å²) in [6, 6.07) is 0. The fourth-order valence-corrected chi connectivity index (χ4v) is 2.03. The maximum atomic E-state index is 12.2. The molecule has 1 fully saturated rings. The predicted octanol–water partition coefficient (Wildman–Crippen LogP) is 2.83. The van der Waals surface area contributed by atoms with E-state index in [4.69, 9.17) is 26.1 Å². The maximum Gasteiger partial charge on any atom is 0.345 e. The van der Waals surface area contributed by atoms with Crippen LogP contribution >= 0.6 is 11.6 Å². The standard InChI is InChI=1S/C12H21ClO4/c1-5-6-9-12(7-8-13,17-16-9)10(14)15-11(2,3)4/h9H,5-8H2,1-4H3. The Morgan fingerprint density at radius 2 is 2.12 bits per heavy atom. The van der Waals surface area contributed by atoms with Crippen LogP contribution < -0.4 is 0 Å². The van der Waals surface area contributed by atoms with Gasteiger partial charge in [-0.2, -0.15) is 0 Å². The fraction of sp³-hybridized carbons (Fsp3) is 0.917. The van der Waals surface area contributed by atoms with Gasteiger partial charge in [-0.1, -0.05) is 13.3 Å². The van der Waals surface area contributed by atoms with Crippen molar-refractivity contribution in [2.45, 2.75) is 64.3 Å². The van der Waals surface area contributed by atoms with Crippen LogP contribution in [0.5, 0.6) is 0 Å². The Bertz CT molecular complexity index is 274. The number of halogens is 1. The van der Waals surface area contributed by atoms with Crippen molar-refractivity contribution in [3.63, 3.8) is 0 Å². The van der Waals surface area contributed by atoms with E-state index in [1.807, 2.05) is 27.7 Å². The van der Waals surface area contributed by atoms with E-state index in [2.05, 4.69) is 0 Å². The van der Waals surface area contributed by atoms with Crippen LogP contribution in [-0.4, -0.2) is 29.2 Å². The average molecular weight is 265 g/mol. The van der Waals surface area contributed by atoms with E-state index in [1.54, 1.807) is 0 Å². The maximum absolute atomic E-state index is 12.2. The molecular formula is C12H21ClO4. The minimum Gasteiger partial charge on any atom is -0.458 e. The highest BCUT2D eigenvalue weighted by Crippen LogP contribution is 2.38. The molecule has 0 aromatic rings. The van der Waals surface area contributed by atoms with Gasteiger partial charge in [-0.3, -0.25) is 0 Å². The second-order valence-electron chi connectivity index (χ2n) is 5.29. The molecular weight excluding hydrogens is 244 g/mol. The van der Waals surface area contributed by atoms with E-state index >= 15 is 0 Å². The number of carbonyl (C=O) groups excluding carboxylic acids is 1. The number of carbonyl (C=O) groups is 1. The zero-order valence-electron chi connectivity index (χ0n) is 10.9. The third kappa shape index (κ3) is 3.33. The van der Waals surface area contributed by atoms with E-state index in [9.17, 15) is 4.79 Å². The first-order valence-corrected chi connectivity index (χ1v) is 6.53. The molecule has 0 N–H and O–H groups in total. The monoisotopic (exact) mass is 264 g/mol. The van der Waals surface area contributed by atoms with E-state index < -0.39 is 11.2 Å². The van der Waals surface area contributed by atoms with E-state index in [0.29, 0.717) is 12.3 Å². The van der Waals surface area contributed by atoms with E-state index in [0.717, 1.165) is 12.8 Å². The lowest BCUT2D eigenvalue weighted by atomic mass is 9.88. The van der Waals surface area contributed by atoms with Crippen LogP contribution in [0.25, 0.3) is 0 Å². The van der Waals surface area contributed by atoms with Crippen molar-refractivity contribution in [3.05, 3.63) is 0 Å². The molecule has 1 aliphatic heterocycles. The second kappa shape index (κ2) is 5.55. The van der Waals surface area contributed by atoms with Crippen LogP contribution in [-0.2, 0) is 19.3 Å². The molecule has 1 heterocycles. The summed E-state index contributed by atoms with van der Waals surface area (Å²) < 4.78 is 5.37. The minimum absolute atomic E-state index is 0.249. The van der Waals surface area contributed by atoms with Crippen molar-refractivity contribution < 1.29 is 19.3 Å². The van der Waals surface area contributed by atoms with Crippen molar-refractivity contribution in [2.75, 3.05) is 5.88 Å². The summed E-state index contributed by atoms with van der Waals surface area (Å²) in [4.78, 5) is 22.2. The Labute approximate surface area is 107 Å². The van der Waals surface area contributed by atoms with Crippen LogP contribution in [0.1, 0.15) is 47.0 Å². The smallest absolute Gasteiger partial charge is 0.345 e. The van der Waals surface area contributed by atoms with Gasteiger partial charge in [-0.05, 0) is 27.2 Å². The van der Waals surface area contributed by atoms with Gasteiger partial charge >= 0.3 is 5.97 Å². The first-order chi connectivity index (χ1) is 7.85. The second-order valence-corrected chi connectivity index (χ2v) is 5.67. The Kier molecular flexibility index (Phi) is 4.81. The van der Waals surface area contributed by atoms with Gasteiger partial charge in [-0.25, -0.2) is 14.6 Å². The number of hydrogen-bond donors (Lipinski definition) is 0. The molecule has 0 aliphatic carbocycles. The fourth-order valence-electron chi connectivity index (χ4n) is 1.75. The SMILES string of the molecule is CCCC1OOC1(CCCl)C(=O)OC(C)(C)C. The van der Waals surface area contributed by atoms with Crippen LogP contribution in [0, 0.1) is 0 Å². The summed E-state index contributed by atoms with van der Waals surface area (Å²) >= 11 is 5.74. The Morgan fingerprint density at radius 3 is 2.47 bits per heavy atom. The minimum atomic E-state index is -1.01. The largest absolute Gasteiger partial charge is 0.458 e. The normalized spacial score (nSPS) is 28.6. The van der Waals surface area contributed by atoms with E-state index in [-0.39, 0.29) is 12.1 Å². The number of alkyl halides is 1. The molecule has 0 bridgehead atoms. The quantitative estimate of drug-likeness (QED) is 0.435. The lowest BCUT2D eigenvalue weighted by molar-refractivity contribution is -0.499. The van der Waals surface area contributed by atoms with Gasteiger partial charge in [0.1, 0.15) is 11.7 Å². The molecule has 0 saturated carbocycles. The highest BCUT2D eigenvalue weighted by molar-refractivity contribution is 6.18. The molecule has 2 unspecified atom stereocenters. The molecule has 2 atom stereocenters. The molecule has 0 spiro atoms. The molecule has 1 saturated heterocycles. The predicted molar refractivity (Wildman–Crippen MR) is 64.8 cm³/mol. The summed E-state index contributed by atoms with van der Waals surface area (Å²) in [7, 11) is 0. The van der Waals surface area contributed by atoms with Crippen molar-refractivity contribution in [2.24, 2.45) is 0 Å². The first kappa shape index (κ1) is 14.7. The molecule has 5 heteroatoms. The molecule has 17 heavy (non-hydrogen) atoms. The molecule has 0 radical (unpaired) electrons. The topological polar surface area (TPSA) is 44.8 Å². The van der Waals surface area contributed by atoms with Crippen LogP contribution in [0.2, 0.25) is 0 Å².